The average molecular weight is 250 g/mol. The minimum Gasteiger partial charge on any atom is -0.387 e. The molecule has 1 aliphatic rings. The fourth-order valence-electron chi connectivity index (χ4n) is 1.62. The number of aliphatic hydroxyl groups excluding tert-OH is 1. The summed E-state index contributed by atoms with van der Waals surface area (Å²) in [6, 6.07) is 5.65. The summed E-state index contributed by atoms with van der Waals surface area (Å²) in [5.41, 5.74) is 0.532. The lowest BCUT2D eigenvalue weighted by Crippen LogP contribution is -2.29. The van der Waals surface area contributed by atoms with Crippen LogP contribution in [0.5, 0.6) is 0 Å². The van der Waals surface area contributed by atoms with Crippen molar-refractivity contribution in [1.82, 2.24) is 5.32 Å². The van der Waals surface area contributed by atoms with Crippen molar-refractivity contribution in [3.8, 4) is 0 Å². The van der Waals surface area contributed by atoms with E-state index in [-0.39, 0.29) is 24.1 Å². The smallest absolute Gasteiger partial charge is 0.269 e. The number of amides is 1. The van der Waals surface area contributed by atoms with E-state index in [1.807, 2.05) is 0 Å². The first-order chi connectivity index (χ1) is 8.58. The molecule has 6 nitrogen and oxygen atoms in total. The van der Waals surface area contributed by atoms with Gasteiger partial charge in [0.15, 0.2) is 0 Å². The van der Waals surface area contributed by atoms with Gasteiger partial charge in [-0.25, -0.2) is 0 Å². The van der Waals surface area contributed by atoms with Gasteiger partial charge in [0.2, 0.25) is 5.91 Å². The van der Waals surface area contributed by atoms with Gasteiger partial charge in [0.1, 0.15) is 0 Å². The van der Waals surface area contributed by atoms with Crippen LogP contribution < -0.4 is 5.32 Å². The number of non-ortho nitro benzene ring substituents is 1. The second-order valence-electron chi connectivity index (χ2n) is 4.38. The van der Waals surface area contributed by atoms with Gasteiger partial charge < -0.3 is 10.4 Å². The van der Waals surface area contributed by atoms with Crippen LogP contribution in [0.3, 0.4) is 0 Å². The molecule has 0 spiro atoms. The first kappa shape index (κ1) is 12.5. The Morgan fingerprint density at radius 3 is 2.56 bits per heavy atom. The second-order valence-corrected chi connectivity index (χ2v) is 4.38. The van der Waals surface area contributed by atoms with E-state index in [1.165, 1.54) is 24.3 Å². The largest absolute Gasteiger partial charge is 0.387 e. The molecule has 2 N–H and O–H groups in total. The zero-order valence-electron chi connectivity index (χ0n) is 9.70. The van der Waals surface area contributed by atoms with E-state index in [4.69, 9.17) is 0 Å². The Morgan fingerprint density at radius 1 is 1.44 bits per heavy atom. The Bertz CT molecular complexity index is 454. The number of carbonyl (C=O) groups excluding carboxylic acids is 1. The van der Waals surface area contributed by atoms with Crippen LogP contribution in [0, 0.1) is 16.0 Å². The molecule has 1 atom stereocenters. The summed E-state index contributed by atoms with van der Waals surface area (Å²) in [5, 5.41) is 22.9. The molecule has 0 radical (unpaired) electrons. The lowest BCUT2D eigenvalue weighted by Gasteiger charge is -2.11. The van der Waals surface area contributed by atoms with Crippen LogP contribution in [0.2, 0.25) is 0 Å². The normalized spacial score (nSPS) is 16.1. The van der Waals surface area contributed by atoms with Crippen molar-refractivity contribution in [2.24, 2.45) is 5.92 Å². The van der Waals surface area contributed by atoms with E-state index in [0.717, 1.165) is 12.8 Å². The highest BCUT2D eigenvalue weighted by Gasteiger charge is 2.29. The van der Waals surface area contributed by atoms with Crippen LogP contribution in [0.25, 0.3) is 0 Å². The summed E-state index contributed by atoms with van der Waals surface area (Å²) < 4.78 is 0. The number of carbonyl (C=O) groups is 1. The molecule has 6 heteroatoms. The molecule has 96 valence electrons. The van der Waals surface area contributed by atoms with E-state index in [9.17, 15) is 20.0 Å². The van der Waals surface area contributed by atoms with E-state index < -0.39 is 11.0 Å². The lowest BCUT2D eigenvalue weighted by molar-refractivity contribution is -0.384. The molecule has 1 aromatic rings. The predicted molar refractivity (Wildman–Crippen MR) is 63.8 cm³/mol. The van der Waals surface area contributed by atoms with Gasteiger partial charge >= 0.3 is 0 Å². The van der Waals surface area contributed by atoms with E-state index in [2.05, 4.69) is 5.32 Å². The summed E-state index contributed by atoms with van der Waals surface area (Å²) in [6.07, 6.45) is 0.993. The summed E-state index contributed by atoms with van der Waals surface area (Å²) in [5.74, 6) is 0.0741. The monoisotopic (exact) mass is 250 g/mol. The molecule has 18 heavy (non-hydrogen) atoms. The molecule has 0 unspecified atom stereocenters. The zero-order chi connectivity index (χ0) is 13.1. The minimum absolute atomic E-state index is 0.0204. The fourth-order valence-corrected chi connectivity index (χ4v) is 1.62. The molecule has 1 fully saturated rings. The molecular weight excluding hydrogens is 236 g/mol. The zero-order valence-corrected chi connectivity index (χ0v) is 9.70. The maximum Gasteiger partial charge on any atom is 0.269 e. The van der Waals surface area contributed by atoms with Crippen LogP contribution >= 0.6 is 0 Å². The van der Waals surface area contributed by atoms with Crippen molar-refractivity contribution >= 4 is 11.6 Å². The number of hydrogen-bond donors (Lipinski definition) is 2. The third-order valence-corrected chi connectivity index (χ3v) is 2.91. The molecule has 1 amide bonds. The van der Waals surface area contributed by atoms with Crippen molar-refractivity contribution in [3.63, 3.8) is 0 Å². The summed E-state index contributed by atoms with van der Waals surface area (Å²) >= 11 is 0. The number of nitrogens with zero attached hydrogens (tertiary/aromatic N) is 1. The van der Waals surface area contributed by atoms with Gasteiger partial charge in [0.25, 0.3) is 5.69 Å². The highest BCUT2D eigenvalue weighted by Crippen LogP contribution is 2.28. The second kappa shape index (κ2) is 5.14. The highest BCUT2D eigenvalue weighted by molar-refractivity contribution is 5.80. The maximum atomic E-state index is 11.4. The van der Waals surface area contributed by atoms with Gasteiger partial charge in [0, 0.05) is 24.6 Å². The number of nitrogens with one attached hydrogen (secondary N) is 1. The third-order valence-electron chi connectivity index (χ3n) is 2.91. The predicted octanol–water partition coefficient (Wildman–Crippen LogP) is 1.15. The van der Waals surface area contributed by atoms with E-state index >= 15 is 0 Å². The van der Waals surface area contributed by atoms with Crippen LogP contribution in [0.1, 0.15) is 24.5 Å². The number of nitro benzene ring substituents is 1. The molecule has 1 saturated carbocycles. The number of aliphatic hydroxyl groups is 1. The first-order valence-electron chi connectivity index (χ1n) is 5.78. The molecule has 0 heterocycles. The summed E-state index contributed by atoms with van der Waals surface area (Å²) in [6.45, 7) is 0.132. The standard InChI is InChI=1S/C12H14N2O4/c15-11(7-13-12(16)9-1-2-9)8-3-5-10(6-4-8)14(17)18/h3-6,9,11,15H,1-2,7H2,(H,13,16)/t11-/m1/s1. The van der Waals surface area contributed by atoms with Gasteiger partial charge in [0.05, 0.1) is 11.0 Å². The fraction of sp³-hybridized carbons (Fsp3) is 0.417. The van der Waals surface area contributed by atoms with Crippen LogP contribution in [0.15, 0.2) is 24.3 Å². The Kier molecular flexibility index (Phi) is 3.57. The van der Waals surface area contributed by atoms with E-state index in [1.54, 1.807) is 0 Å². The van der Waals surface area contributed by atoms with Crippen LogP contribution in [-0.4, -0.2) is 22.5 Å². The topological polar surface area (TPSA) is 92.5 Å². The molecule has 1 aromatic carbocycles. The van der Waals surface area contributed by atoms with Gasteiger partial charge in [-0.05, 0) is 30.5 Å². The Labute approximate surface area is 104 Å². The van der Waals surface area contributed by atoms with Crippen molar-refractivity contribution in [2.45, 2.75) is 18.9 Å². The van der Waals surface area contributed by atoms with Crippen molar-refractivity contribution in [1.29, 1.82) is 0 Å². The third kappa shape index (κ3) is 3.04. The van der Waals surface area contributed by atoms with Crippen molar-refractivity contribution < 1.29 is 14.8 Å². The van der Waals surface area contributed by atoms with Gasteiger partial charge in [-0.15, -0.1) is 0 Å². The number of nitro groups is 1. The Morgan fingerprint density at radius 2 is 2.06 bits per heavy atom. The van der Waals surface area contributed by atoms with Crippen LogP contribution in [0.4, 0.5) is 5.69 Å². The maximum absolute atomic E-state index is 11.4. The molecule has 0 aliphatic heterocycles. The van der Waals surface area contributed by atoms with Crippen molar-refractivity contribution in [2.75, 3.05) is 6.54 Å². The summed E-state index contributed by atoms with van der Waals surface area (Å²) in [4.78, 5) is 21.3. The molecule has 1 aliphatic carbocycles. The van der Waals surface area contributed by atoms with Gasteiger partial charge in [-0.3, -0.25) is 14.9 Å². The molecule has 0 bridgehead atoms. The number of benzene rings is 1. The van der Waals surface area contributed by atoms with Gasteiger partial charge in [-0.1, -0.05) is 0 Å². The average Bonchev–Trinajstić information content (AvgIpc) is 3.20. The summed E-state index contributed by atoms with van der Waals surface area (Å²) in [7, 11) is 0. The van der Waals surface area contributed by atoms with Crippen molar-refractivity contribution in [3.05, 3.63) is 39.9 Å². The van der Waals surface area contributed by atoms with Crippen LogP contribution in [-0.2, 0) is 4.79 Å². The molecule has 2 rings (SSSR count). The highest BCUT2D eigenvalue weighted by atomic mass is 16.6. The Balaban J connectivity index is 1.89. The lowest BCUT2D eigenvalue weighted by atomic mass is 10.1. The SMILES string of the molecule is O=C(NC[C@@H](O)c1ccc([N+](=O)[O-])cc1)C1CC1. The first-order valence-corrected chi connectivity index (χ1v) is 5.78. The quantitative estimate of drug-likeness (QED) is 0.605. The van der Waals surface area contributed by atoms with E-state index in [0.29, 0.717) is 5.56 Å². The Hall–Kier alpha value is -1.95. The number of rotatable bonds is 5. The van der Waals surface area contributed by atoms with Gasteiger partial charge in [-0.2, -0.15) is 0 Å². The molecule has 0 aromatic heterocycles. The molecular formula is C12H14N2O4. The minimum atomic E-state index is -0.839. The number of hydrogen-bond acceptors (Lipinski definition) is 4. The molecule has 0 saturated heterocycles.